The smallest absolute Gasteiger partial charge is 0.343 e. The highest BCUT2D eigenvalue weighted by Gasteiger charge is 2.28. The van der Waals surface area contributed by atoms with Crippen LogP contribution in [0.1, 0.15) is 59.0 Å². The number of hydrogen-bond donors (Lipinski definition) is 3. The van der Waals surface area contributed by atoms with E-state index in [1.807, 2.05) is 44.2 Å². The Morgan fingerprint density at radius 1 is 1.00 bits per heavy atom. The number of hydrogen-bond acceptors (Lipinski definition) is 6. The van der Waals surface area contributed by atoms with Gasteiger partial charge in [0, 0.05) is 11.1 Å². The first-order valence-electron chi connectivity index (χ1n) is 11.5. The minimum absolute atomic E-state index is 0.0257. The third-order valence-corrected chi connectivity index (χ3v) is 5.62. The van der Waals surface area contributed by atoms with Gasteiger partial charge in [-0.3, -0.25) is 0 Å². The molecule has 0 spiro atoms. The second-order valence-electron chi connectivity index (χ2n) is 8.74. The lowest BCUT2D eigenvalue weighted by atomic mass is 9.92. The standard InChI is InChI=1S/C28H32O7/c1-17(2)13-21(30)24-18(3)14-23(25(28(31)32)27(24)33-4)35-26-20(15-29)11-8-12-22(26)34-16-19-9-6-5-7-10-19/h5-12,14,17,21,29-30H,13,15-16H2,1-4H3,(H,31,32). The van der Waals surface area contributed by atoms with Gasteiger partial charge in [-0.15, -0.1) is 0 Å². The van der Waals surface area contributed by atoms with E-state index in [-0.39, 0.29) is 41.9 Å². The third kappa shape index (κ3) is 6.12. The topological polar surface area (TPSA) is 105 Å². The molecule has 0 saturated heterocycles. The number of para-hydroxylation sites is 1. The molecule has 1 atom stereocenters. The first kappa shape index (κ1) is 26.1. The van der Waals surface area contributed by atoms with Crippen LogP contribution in [0.5, 0.6) is 23.0 Å². The Kier molecular flexibility index (Phi) is 8.73. The molecule has 3 aromatic carbocycles. The number of ether oxygens (including phenoxy) is 3. The van der Waals surface area contributed by atoms with E-state index in [1.165, 1.54) is 7.11 Å². The van der Waals surface area contributed by atoms with Crippen LogP contribution in [0.25, 0.3) is 0 Å². The van der Waals surface area contributed by atoms with E-state index in [1.54, 1.807) is 31.2 Å². The number of rotatable bonds is 11. The van der Waals surface area contributed by atoms with Gasteiger partial charge in [0.15, 0.2) is 11.5 Å². The lowest BCUT2D eigenvalue weighted by molar-refractivity contribution is 0.0689. The van der Waals surface area contributed by atoms with Crippen LogP contribution in [0, 0.1) is 12.8 Å². The molecule has 0 heterocycles. The zero-order chi connectivity index (χ0) is 25.5. The van der Waals surface area contributed by atoms with Gasteiger partial charge in [0.1, 0.15) is 23.7 Å². The number of aliphatic hydroxyl groups is 2. The Morgan fingerprint density at radius 2 is 1.71 bits per heavy atom. The van der Waals surface area contributed by atoms with Crippen molar-refractivity contribution in [3.63, 3.8) is 0 Å². The van der Waals surface area contributed by atoms with Gasteiger partial charge in [0.25, 0.3) is 0 Å². The first-order valence-corrected chi connectivity index (χ1v) is 11.5. The van der Waals surface area contributed by atoms with Crippen molar-refractivity contribution in [3.05, 3.63) is 82.4 Å². The summed E-state index contributed by atoms with van der Waals surface area (Å²) in [6, 6.07) is 16.2. The summed E-state index contributed by atoms with van der Waals surface area (Å²) in [6.45, 7) is 5.65. The highest BCUT2D eigenvalue weighted by molar-refractivity contribution is 5.95. The van der Waals surface area contributed by atoms with E-state index in [9.17, 15) is 20.1 Å². The van der Waals surface area contributed by atoms with Crippen LogP contribution in [-0.4, -0.2) is 28.4 Å². The number of aliphatic hydroxyl groups excluding tert-OH is 2. The summed E-state index contributed by atoms with van der Waals surface area (Å²) in [7, 11) is 1.37. The summed E-state index contributed by atoms with van der Waals surface area (Å²) < 4.78 is 17.6. The number of aromatic carboxylic acids is 1. The molecule has 0 aliphatic heterocycles. The minimum atomic E-state index is -1.26. The number of carboxylic acids is 1. The maximum atomic E-state index is 12.3. The summed E-state index contributed by atoms with van der Waals surface area (Å²) in [6.07, 6.45) is -0.451. The molecule has 3 N–H and O–H groups in total. The Hall–Kier alpha value is -3.55. The van der Waals surface area contributed by atoms with Gasteiger partial charge >= 0.3 is 5.97 Å². The summed E-state index contributed by atoms with van der Waals surface area (Å²) in [5.74, 6) is -0.420. The molecular weight excluding hydrogens is 448 g/mol. The van der Waals surface area contributed by atoms with Crippen molar-refractivity contribution in [3.8, 4) is 23.0 Å². The minimum Gasteiger partial charge on any atom is -0.495 e. The SMILES string of the molecule is COc1c(C(=O)O)c(Oc2c(CO)cccc2OCc2ccccc2)cc(C)c1C(O)CC(C)C. The monoisotopic (exact) mass is 480 g/mol. The Labute approximate surface area is 205 Å². The van der Waals surface area contributed by atoms with Crippen molar-refractivity contribution >= 4 is 5.97 Å². The molecule has 0 amide bonds. The zero-order valence-corrected chi connectivity index (χ0v) is 20.4. The molecule has 35 heavy (non-hydrogen) atoms. The maximum absolute atomic E-state index is 12.3. The van der Waals surface area contributed by atoms with E-state index in [4.69, 9.17) is 14.2 Å². The van der Waals surface area contributed by atoms with Crippen molar-refractivity contribution in [1.82, 2.24) is 0 Å². The van der Waals surface area contributed by atoms with Crippen molar-refractivity contribution < 1.29 is 34.3 Å². The largest absolute Gasteiger partial charge is 0.495 e. The normalized spacial score (nSPS) is 11.9. The summed E-state index contributed by atoms with van der Waals surface area (Å²) in [4.78, 5) is 12.3. The van der Waals surface area contributed by atoms with Crippen molar-refractivity contribution in [2.24, 2.45) is 5.92 Å². The van der Waals surface area contributed by atoms with Crippen molar-refractivity contribution in [2.45, 2.75) is 46.5 Å². The lowest BCUT2D eigenvalue weighted by Gasteiger charge is -2.23. The molecule has 0 fully saturated rings. The fourth-order valence-electron chi connectivity index (χ4n) is 4.01. The molecular formula is C28H32O7. The predicted molar refractivity (Wildman–Crippen MR) is 132 cm³/mol. The number of methoxy groups -OCH3 is 1. The third-order valence-electron chi connectivity index (χ3n) is 5.62. The van der Waals surface area contributed by atoms with Gasteiger partial charge in [-0.05, 0) is 42.5 Å². The van der Waals surface area contributed by atoms with Crippen molar-refractivity contribution in [1.29, 1.82) is 0 Å². The Balaban J connectivity index is 2.07. The van der Waals surface area contributed by atoms with E-state index in [2.05, 4.69) is 0 Å². The molecule has 0 bridgehead atoms. The average Bonchev–Trinajstić information content (AvgIpc) is 2.82. The molecule has 0 aromatic heterocycles. The Bertz CT molecular complexity index is 1160. The first-order chi connectivity index (χ1) is 16.8. The number of benzene rings is 3. The van der Waals surface area contributed by atoms with E-state index < -0.39 is 12.1 Å². The molecule has 0 aliphatic rings. The number of carboxylic acid groups (broad SMARTS) is 1. The van der Waals surface area contributed by atoms with Gasteiger partial charge in [-0.1, -0.05) is 56.3 Å². The van der Waals surface area contributed by atoms with Crippen LogP contribution in [0.15, 0.2) is 54.6 Å². The van der Waals surface area contributed by atoms with Crippen LogP contribution in [0.2, 0.25) is 0 Å². The van der Waals surface area contributed by atoms with Crippen LogP contribution >= 0.6 is 0 Å². The van der Waals surface area contributed by atoms with Crippen molar-refractivity contribution in [2.75, 3.05) is 7.11 Å². The molecule has 7 heteroatoms. The fourth-order valence-corrected chi connectivity index (χ4v) is 4.01. The van der Waals surface area contributed by atoms with Crippen LogP contribution in [0.4, 0.5) is 0 Å². The zero-order valence-electron chi connectivity index (χ0n) is 20.4. The molecule has 0 radical (unpaired) electrons. The number of carbonyl (C=O) groups is 1. The van der Waals surface area contributed by atoms with E-state index in [0.717, 1.165) is 5.56 Å². The predicted octanol–water partition coefficient (Wildman–Crippen LogP) is 5.64. The lowest BCUT2D eigenvalue weighted by Crippen LogP contribution is -2.12. The highest BCUT2D eigenvalue weighted by atomic mass is 16.5. The quantitative estimate of drug-likeness (QED) is 0.326. The highest BCUT2D eigenvalue weighted by Crippen LogP contribution is 2.44. The summed E-state index contributed by atoms with van der Waals surface area (Å²) >= 11 is 0. The van der Waals surface area contributed by atoms with Gasteiger partial charge in [-0.25, -0.2) is 4.79 Å². The molecule has 1 unspecified atom stereocenters. The Morgan fingerprint density at radius 3 is 2.31 bits per heavy atom. The van der Waals surface area contributed by atoms with Gasteiger partial charge < -0.3 is 29.5 Å². The number of aryl methyl sites for hydroxylation is 1. The molecule has 3 rings (SSSR count). The van der Waals surface area contributed by atoms with Gasteiger partial charge in [0.05, 0.1) is 19.8 Å². The average molecular weight is 481 g/mol. The maximum Gasteiger partial charge on any atom is 0.343 e. The van der Waals surface area contributed by atoms with Crippen LogP contribution in [0.3, 0.4) is 0 Å². The van der Waals surface area contributed by atoms with Gasteiger partial charge in [0.2, 0.25) is 0 Å². The molecule has 7 nitrogen and oxygen atoms in total. The summed E-state index contributed by atoms with van der Waals surface area (Å²) in [5.41, 5.74) is 2.22. The molecule has 0 saturated carbocycles. The van der Waals surface area contributed by atoms with Crippen LogP contribution in [-0.2, 0) is 13.2 Å². The summed E-state index contributed by atoms with van der Waals surface area (Å²) in [5, 5.41) is 30.8. The second kappa shape index (κ2) is 11.7. The molecule has 0 aliphatic carbocycles. The second-order valence-corrected chi connectivity index (χ2v) is 8.74. The van der Waals surface area contributed by atoms with Crippen LogP contribution < -0.4 is 14.2 Å². The van der Waals surface area contributed by atoms with Gasteiger partial charge in [-0.2, -0.15) is 0 Å². The fraction of sp³-hybridized carbons (Fsp3) is 0.321. The van der Waals surface area contributed by atoms with E-state index >= 15 is 0 Å². The van der Waals surface area contributed by atoms with E-state index in [0.29, 0.717) is 28.9 Å². The molecule has 186 valence electrons. The molecule has 3 aromatic rings.